The average Bonchev–Trinajstić information content (AvgIpc) is 3.32. The van der Waals surface area contributed by atoms with Gasteiger partial charge in [0.15, 0.2) is 0 Å². The van der Waals surface area contributed by atoms with Crippen molar-refractivity contribution in [2.24, 2.45) is 0 Å². The molecule has 9 heteroatoms. The number of hydrogen-bond acceptors (Lipinski definition) is 0. The first-order chi connectivity index (χ1) is 25.5. The van der Waals surface area contributed by atoms with E-state index in [-0.39, 0.29) is 0 Å². The molecule has 0 fully saturated rings. The molecule has 8 aromatic rings. The highest BCUT2D eigenvalue weighted by Crippen LogP contribution is 2.48. The monoisotopic (exact) mass is 790 g/mol. The van der Waals surface area contributed by atoms with E-state index < -0.39 is 0 Å². The van der Waals surface area contributed by atoms with E-state index in [0.717, 1.165) is 72.2 Å². The van der Waals surface area contributed by atoms with Gasteiger partial charge in [-0.2, -0.15) is 0 Å². The van der Waals surface area contributed by atoms with Crippen LogP contribution >= 0.6 is 0 Å². The molecule has 236 valence electrons. The van der Waals surface area contributed by atoms with Gasteiger partial charge in [-0.05, 0) is 65.3 Å². The topological polar surface area (TPSA) is 0 Å². The molecule has 0 aromatic heterocycles. The molecule has 24 radical (unpaired) electrons. The summed E-state index contributed by atoms with van der Waals surface area (Å²) in [4.78, 5) is 0. The molecule has 0 N–H and O–H groups in total. The third kappa shape index (κ3) is 5.31. The Bertz CT molecular complexity index is 2550. The summed E-state index contributed by atoms with van der Waals surface area (Å²) in [6.45, 7) is 3.46. The first-order valence-corrected chi connectivity index (χ1v) is 21.4. The van der Waals surface area contributed by atoms with Crippen molar-refractivity contribution < 1.29 is 4.48 Å². The Labute approximate surface area is 336 Å². The first-order valence-electron chi connectivity index (χ1n) is 17.4. The number of rotatable bonds is 0. The number of quaternary nitrogens is 1. The highest BCUT2D eigenvalue weighted by Gasteiger charge is 2.40. The Morgan fingerprint density at radius 3 is 0.736 bits per heavy atom. The van der Waals surface area contributed by atoms with Gasteiger partial charge in [-0.25, -0.2) is 0 Å². The summed E-state index contributed by atoms with van der Waals surface area (Å²) in [6.07, 6.45) is 0. The SMILES string of the molecule is [Si]c1ccc2c3c(cc([Si])c2c1)C[N+]1(Cc2cc([Si])c4cc([Si])ccc4c2-3)Cc2cc([Si])c3cc([Si])ccc3c2-c2c(cc([Si])c3cc([Si])ccc23)C1. The van der Waals surface area contributed by atoms with E-state index in [9.17, 15) is 0 Å². The van der Waals surface area contributed by atoms with Gasteiger partial charge in [0, 0.05) is 22.3 Å². The lowest BCUT2D eigenvalue weighted by molar-refractivity contribution is -0.977. The molecule has 0 bridgehead atoms. The molecule has 2 heterocycles. The molecular formula is C44H24NSi8+. The van der Waals surface area contributed by atoms with Crippen molar-refractivity contribution >= 4 is 167 Å². The summed E-state index contributed by atoms with van der Waals surface area (Å²) in [5.74, 6) is 0. The van der Waals surface area contributed by atoms with Gasteiger partial charge in [0.1, 0.15) is 26.2 Å². The lowest BCUT2D eigenvalue weighted by atomic mass is 9.88. The fourth-order valence-corrected chi connectivity index (χ4v) is 11.8. The maximum absolute atomic E-state index is 4.11. The van der Waals surface area contributed by atoms with Gasteiger partial charge >= 0.3 is 0 Å². The van der Waals surface area contributed by atoms with Crippen LogP contribution in [-0.2, 0) is 26.2 Å². The Hall–Kier alpha value is -3.50. The summed E-state index contributed by atoms with van der Waals surface area (Å²) in [5, 5.41) is 18.5. The Morgan fingerprint density at radius 1 is 0.283 bits per heavy atom. The van der Waals surface area contributed by atoms with Crippen LogP contribution in [0.3, 0.4) is 0 Å². The zero-order valence-corrected chi connectivity index (χ0v) is 36.5. The molecule has 10 rings (SSSR count). The van der Waals surface area contributed by atoms with Crippen LogP contribution in [0.4, 0.5) is 0 Å². The minimum absolute atomic E-state index is 0.835. The molecule has 0 unspecified atom stereocenters. The quantitative estimate of drug-likeness (QED) is 0.162. The van der Waals surface area contributed by atoms with Crippen LogP contribution in [0.15, 0.2) is 97.1 Å². The molecule has 0 saturated heterocycles. The summed E-state index contributed by atoms with van der Waals surface area (Å²) >= 11 is 0. The van der Waals surface area contributed by atoms with E-state index in [1.54, 1.807) is 0 Å². The Kier molecular flexibility index (Phi) is 7.86. The third-order valence-corrected chi connectivity index (χ3v) is 14.3. The number of nitrogens with zero attached hydrogens (tertiary/aromatic N) is 1. The predicted molar refractivity (Wildman–Crippen MR) is 232 cm³/mol. The number of benzene rings is 8. The van der Waals surface area contributed by atoms with Crippen molar-refractivity contribution in [1.82, 2.24) is 0 Å². The van der Waals surface area contributed by atoms with E-state index >= 15 is 0 Å². The summed E-state index contributed by atoms with van der Waals surface area (Å²) in [7, 11) is 31.8. The third-order valence-electron chi connectivity index (χ3n) is 11.4. The van der Waals surface area contributed by atoms with Crippen molar-refractivity contribution in [3.8, 4) is 22.3 Å². The second kappa shape index (κ2) is 12.3. The van der Waals surface area contributed by atoms with Crippen molar-refractivity contribution in [2.75, 3.05) is 0 Å². The molecule has 53 heavy (non-hydrogen) atoms. The van der Waals surface area contributed by atoms with Gasteiger partial charge in [0.25, 0.3) is 0 Å². The minimum atomic E-state index is 0.835. The molecule has 2 aliphatic heterocycles. The van der Waals surface area contributed by atoms with Crippen LogP contribution in [-0.4, -0.2) is 86.4 Å². The fraction of sp³-hybridized carbons (Fsp3) is 0.0909. The van der Waals surface area contributed by atoms with Gasteiger partial charge in [0.2, 0.25) is 0 Å². The van der Waals surface area contributed by atoms with Crippen LogP contribution in [0.2, 0.25) is 0 Å². The van der Waals surface area contributed by atoms with Crippen LogP contribution in [0.5, 0.6) is 0 Å². The molecule has 8 aromatic carbocycles. The molecule has 1 nitrogen and oxygen atoms in total. The van der Waals surface area contributed by atoms with E-state index in [1.807, 2.05) is 0 Å². The van der Waals surface area contributed by atoms with E-state index in [2.05, 4.69) is 179 Å². The van der Waals surface area contributed by atoms with Crippen LogP contribution in [0.1, 0.15) is 22.3 Å². The minimum Gasteiger partial charge on any atom is -0.309 e. The maximum Gasteiger partial charge on any atom is 0.106 e. The Morgan fingerprint density at radius 2 is 0.509 bits per heavy atom. The molecule has 2 aliphatic rings. The van der Waals surface area contributed by atoms with Gasteiger partial charge in [0.05, 0.1) is 81.9 Å². The normalized spacial score (nSPS) is 14.6. The molecule has 0 aliphatic carbocycles. The van der Waals surface area contributed by atoms with Crippen molar-refractivity contribution in [1.29, 1.82) is 0 Å². The standard InChI is InChI=1S/C44H24NSi8/c46-25-1-5-29-33(13-25)37(50)9-21-17-45(18-22-10-38(51)34-14-26(47)2-6-30(34)42(22)41(21)29)19-23-11-39(52)35-15-27(48)3-7-31(35)43(23)44-24(20-45)12-40(53)36-16-28(49)4-8-32(36)44/h1-16H,17-20H2/q+1. The zero-order chi connectivity index (χ0) is 36.5. The van der Waals surface area contributed by atoms with Gasteiger partial charge in [-0.3, -0.25) is 0 Å². The molecule has 0 amide bonds. The summed E-state index contributed by atoms with van der Waals surface area (Å²) in [5.41, 5.74) is 10.7. The molecule has 0 saturated carbocycles. The maximum atomic E-state index is 4.11. The van der Waals surface area contributed by atoms with E-state index in [4.69, 9.17) is 0 Å². The average molecular weight is 791 g/mol. The fourth-order valence-electron chi connectivity index (χ4n) is 9.39. The lowest BCUT2D eigenvalue weighted by Crippen LogP contribution is -2.44. The van der Waals surface area contributed by atoms with Gasteiger partial charge in [-0.15, -0.1) is 0 Å². The number of hydrogen-bond donors (Lipinski definition) is 0. The highest BCUT2D eigenvalue weighted by molar-refractivity contribution is 6.45. The molecular weight excluding hydrogens is 767 g/mol. The van der Waals surface area contributed by atoms with Gasteiger partial charge in [-0.1, -0.05) is 139 Å². The van der Waals surface area contributed by atoms with Crippen LogP contribution in [0, 0.1) is 0 Å². The van der Waals surface area contributed by atoms with Gasteiger partial charge < -0.3 is 4.48 Å². The summed E-state index contributed by atoms with van der Waals surface area (Å²) < 4.78 is 0.835. The zero-order valence-electron chi connectivity index (χ0n) is 28.5. The smallest absolute Gasteiger partial charge is 0.106 e. The second-order valence-corrected chi connectivity index (χ2v) is 19.3. The van der Waals surface area contributed by atoms with Crippen molar-refractivity contribution in [3.63, 3.8) is 0 Å². The largest absolute Gasteiger partial charge is 0.309 e. The second-order valence-electron chi connectivity index (χ2n) is 14.8. The predicted octanol–water partition coefficient (Wildman–Crippen LogP) is 1.53. The van der Waals surface area contributed by atoms with Crippen molar-refractivity contribution in [2.45, 2.75) is 26.2 Å². The van der Waals surface area contributed by atoms with E-state index in [0.29, 0.717) is 0 Å². The van der Waals surface area contributed by atoms with Crippen LogP contribution < -0.4 is 41.5 Å². The summed E-state index contributed by atoms with van der Waals surface area (Å²) in [6, 6.07) is 36.4. The molecule has 1 spiro atoms. The van der Waals surface area contributed by atoms with Crippen molar-refractivity contribution in [3.05, 3.63) is 119 Å². The Balaban J connectivity index is 1.34. The first kappa shape index (κ1) is 34.0. The lowest BCUT2D eigenvalue weighted by Gasteiger charge is -2.38. The molecule has 0 atom stereocenters. The highest BCUT2D eigenvalue weighted by atomic mass is 28.2. The van der Waals surface area contributed by atoms with E-state index in [1.165, 1.54) is 87.6 Å². The number of fused-ring (bicyclic) bond motifs is 14. The van der Waals surface area contributed by atoms with Crippen LogP contribution in [0.25, 0.3) is 65.3 Å².